The molecule has 0 fully saturated rings. The van der Waals surface area contributed by atoms with Crippen LogP contribution in [0.25, 0.3) is 48.7 Å². The van der Waals surface area contributed by atoms with E-state index in [0.717, 1.165) is 76.8 Å². The summed E-state index contributed by atoms with van der Waals surface area (Å²) in [6.45, 7) is 13.5. The van der Waals surface area contributed by atoms with Crippen LogP contribution in [0.2, 0.25) is 0 Å². The van der Waals surface area contributed by atoms with Gasteiger partial charge < -0.3 is 0 Å². The maximum absolute atomic E-state index is 13.0. The van der Waals surface area contributed by atoms with E-state index in [1.54, 1.807) is 13.8 Å². The monoisotopic (exact) mass is 507 g/mol. The van der Waals surface area contributed by atoms with E-state index in [1.165, 1.54) is 0 Å². The van der Waals surface area contributed by atoms with Crippen molar-refractivity contribution < 1.29 is 9.59 Å². The lowest BCUT2D eigenvalue weighted by Gasteiger charge is -2.20. The number of carbonyl (C=O) groups excluding carboxylic acids is 2. The number of aryl methyl sites for hydroxylation is 1. The van der Waals surface area contributed by atoms with E-state index in [2.05, 4.69) is 56.0 Å². The molecule has 190 valence electrons. The number of benzene rings is 6. The zero-order valence-corrected chi connectivity index (χ0v) is 22.9. The fraction of sp³-hybridized carbons (Fsp3) is 0.139. The van der Waals surface area contributed by atoms with E-state index in [4.69, 9.17) is 4.99 Å². The number of fused-ring (bicyclic) bond motifs is 2. The molecule has 0 N–H and O–H groups in total. The number of hydrogen-bond donors (Lipinski definition) is 0. The van der Waals surface area contributed by atoms with E-state index in [-0.39, 0.29) is 11.6 Å². The summed E-state index contributed by atoms with van der Waals surface area (Å²) in [6.07, 6.45) is 0. The molecule has 6 aromatic carbocycles. The van der Waals surface area contributed by atoms with Crippen LogP contribution in [0.4, 0.5) is 5.69 Å². The van der Waals surface area contributed by atoms with E-state index in [1.807, 2.05) is 44.2 Å². The summed E-state index contributed by atoms with van der Waals surface area (Å²) >= 11 is 0. The van der Waals surface area contributed by atoms with Crippen molar-refractivity contribution in [2.24, 2.45) is 4.99 Å². The van der Waals surface area contributed by atoms with Crippen molar-refractivity contribution in [2.75, 3.05) is 0 Å². The predicted octanol–water partition coefficient (Wildman–Crippen LogP) is 9.62. The molecule has 0 bridgehead atoms. The molecule has 0 spiro atoms. The largest absolute Gasteiger partial charge is 0.294 e. The number of para-hydroxylation sites is 1. The Hall–Kier alpha value is -4.63. The molecule has 0 aliphatic rings. The lowest BCUT2D eigenvalue weighted by molar-refractivity contribution is 0.101. The zero-order valence-electron chi connectivity index (χ0n) is 22.9. The van der Waals surface area contributed by atoms with Gasteiger partial charge in [-0.05, 0) is 84.1 Å². The molecule has 0 radical (unpaired) electrons. The van der Waals surface area contributed by atoms with Gasteiger partial charge in [0.2, 0.25) is 0 Å². The highest BCUT2D eigenvalue weighted by Crippen LogP contribution is 2.45. The Morgan fingerprint density at radius 2 is 1.00 bits per heavy atom. The van der Waals surface area contributed by atoms with Gasteiger partial charge in [-0.2, -0.15) is 0 Å². The molecule has 0 atom stereocenters. The second kappa shape index (κ2) is 8.99. The van der Waals surface area contributed by atoms with Gasteiger partial charge in [0.1, 0.15) is 0 Å². The number of hydrogen-bond acceptors (Lipinski definition) is 3. The number of rotatable bonds is 5. The Labute approximate surface area is 227 Å². The topological polar surface area (TPSA) is 46.5 Å². The molecule has 0 heterocycles. The summed E-state index contributed by atoms with van der Waals surface area (Å²) in [4.78, 5) is 30.7. The van der Waals surface area contributed by atoms with Crippen LogP contribution >= 0.6 is 0 Å². The summed E-state index contributed by atoms with van der Waals surface area (Å²) in [6, 6.07) is 24.5. The highest BCUT2D eigenvalue weighted by molar-refractivity contribution is 6.38. The van der Waals surface area contributed by atoms with Crippen LogP contribution in [0.15, 0.2) is 84.4 Å². The third-order valence-electron chi connectivity index (χ3n) is 7.91. The molecule has 0 aliphatic heterocycles. The van der Waals surface area contributed by atoms with Gasteiger partial charge in [-0.25, -0.2) is 0 Å². The van der Waals surface area contributed by atoms with E-state index in [0.29, 0.717) is 11.1 Å². The lowest BCUT2D eigenvalue weighted by atomic mass is 9.82. The smallest absolute Gasteiger partial charge is 0.160 e. The van der Waals surface area contributed by atoms with E-state index >= 15 is 0 Å². The van der Waals surface area contributed by atoms with Gasteiger partial charge in [-0.3, -0.25) is 14.6 Å². The molecule has 0 amide bonds. The number of nitrogens with zero attached hydrogens (tertiary/aromatic N) is 1. The number of aliphatic imine (C=N–C) groups is 1. The average Bonchev–Trinajstić information content (AvgIpc) is 2.91. The van der Waals surface area contributed by atoms with Gasteiger partial charge in [-0.1, -0.05) is 78.9 Å². The first kappa shape index (κ1) is 24.7. The molecule has 6 aromatic rings. The average molecular weight is 508 g/mol. The number of allylic oxidation sites excluding steroid dienone is 1. The number of carbonyl (C=O) groups is 2. The van der Waals surface area contributed by atoms with Crippen molar-refractivity contribution in [3.05, 3.63) is 107 Å². The summed E-state index contributed by atoms with van der Waals surface area (Å²) in [5.41, 5.74) is 7.11. The molecule has 3 nitrogen and oxygen atoms in total. The first-order valence-corrected chi connectivity index (χ1v) is 13.2. The SMILES string of the molecule is C=C(C)c1ccc2c3ccc(C(C)=O)c4c(/C(C)=N/c5ccccc5C)ccc(c5ccc(C(C)=O)c1c25)c43. The van der Waals surface area contributed by atoms with Gasteiger partial charge >= 0.3 is 0 Å². The third kappa shape index (κ3) is 3.69. The molecule has 6 rings (SSSR count). The lowest BCUT2D eigenvalue weighted by Crippen LogP contribution is -2.04. The number of Topliss-reactive ketones (excluding diaryl/α,β-unsaturated/α-hetero) is 2. The highest BCUT2D eigenvalue weighted by atomic mass is 16.1. The molecular formula is C36H29NO2. The van der Waals surface area contributed by atoms with Crippen molar-refractivity contribution in [1.82, 2.24) is 0 Å². The highest BCUT2D eigenvalue weighted by Gasteiger charge is 2.22. The minimum Gasteiger partial charge on any atom is -0.294 e. The Kier molecular flexibility index (Phi) is 5.69. The molecular weight excluding hydrogens is 478 g/mol. The predicted molar refractivity (Wildman–Crippen MR) is 165 cm³/mol. The van der Waals surface area contributed by atoms with Crippen LogP contribution in [0, 0.1) is 6.92 Å². The van der Waals surface area contributed by atoms with Crippen LogP contribution in [-0.2, 0) is 0 Å². The summed E-state index contributed by atoms with van der Waals surface area (Å²) in [7, 11) is 0. The molecule has 0 aliphatic carbocycles. The van der Waals surface area contributed by atoms with Crippen LogP contribution in [0.1, 0.15) is 65.1 Å². The summed E-state index contributed by atoms with van der Waals surface area (Å²) in [5.74, 6) is 0.0478. The third-order valence-corrected chi connectivity index (χ3v) is 7.91. The van der Waals surface area contributed by atoms with Gasteiger partial charge in [0.15, 0.2) is 11.6 Å². The minimum atomic E-state index is 0.0177. The molecule has 3 heteroatoms. The maximum atomic E-state index is 13.0. The van der Waals surface area contributed by atoms with E-state index < -0.39 is 0 Å². The van der Waals surface area contributed by atoms with Crippen LogP contribution in [0.3, 0.4) is 0 Å². The second-order valence-corrected chi connectivity index (χ2v) is 10.5. The summed E-state index contributed by atoms with van der Waals surface area (Å²) < 4.78 is 0. The van der Waals surface area contributed by atoms with Gasteiger partial charge in [0.25, 0.3) is 0 Å². The van der Waals surface area contributed by atoms with Gasteiger partial charge in [0, 0.05) is 33.2 Å². The quantitative estimate of drug-likeness (QED) is 0.101. The van der Waals surface area contributed by atoms with Crippen LogP contribution in [-0.4, -0.2) is 17.3 Å². The van der Waals surface area contributed by atoms with Crippen molar-refractivity contribution in [3.63, 3.8) is 0 Å². The minimum absolute atomic E-state index is 0.0177. The Bertz CT molecular complexity index is 1990. The number of ketones is 2. The van der Waals surface area contributed by atoms with Crippen LogP contribution in [0.5, 0.6) is 0 Å². The van der Waals surface area contributed by atoms with Gasteiger partial charge in [-0.15, -0.1) is 0 Å². The molecule has 0 aromatic heterocycles. The van der Waals surface area contributed by atoms with Crippen molar-refractivity contribution in [3.8, 4) is 0 Å². The van der Waals surface area contributed by atoms with E-state index in [9.17, 15) is 9.59 Å². The maximum Gasteiger partial charge on any atom is 0.160 e. The Morgan fingerprint density at radius 1 is 0.564 bits per heavy atom. The zero-order chi connectivity index (χ0) is 27.6. The van der Waals surface area contributed by atoms with Crippen molar-refractivity contribution >= 4 is 71.6 Å². The van der Waals surface area contributed by atoms with Crippen molar-refractivity contribution in [2.45, 2.75) is 34.6 Å². The first-order valence-electron chi connectivity index (χ1n) is 13.2. The first-order chi connectivity index (χ1) is 18.7. The normalized spacial score (nSPS) is 12.2. The fourth-order valence-corrected chi connectivity index (χ4v) is 6.06. The standard InChI is InChI=1S/C36H29NO2/c1-19(2)24-11-15-28-31-18-14-27(23(6)39)34-25(21(4)37-32-10-8-7-9-20(32)3)12-16-29(36(31)34)30-17-13-26(22(5)38)33(24)35(28)30/h7-18H,1H2,2-6H3/b37-21+. The van der Waals surface area contributed by atoms with Crippen LogP contribution < -0.4 is 0 Å². The molecule has 0 saturated heterocycles. The molecule has 0 unspecified atom stereocenters. The molecule has 39 heavy (non-hydrogen) atoms. The summed E-state index contributed by atoms with van der Waals surface area (Å²) in [5, 5.41) is 8.21. The van der Waals surface area contributed by atoms with Crippen molar-refractivity contribution in [1.29, 1.82) is 0 Å². The Balaban J connectivity index is 1.82. The molecule has 0 saturated carbocycles. The van der Waals surface area contributed by atoms with Gasteiger partial charge in [0.05, 0.1) is 5.69 Å². The second-order valence-electron chi connectivity index (χ2n) is 10.5. The Morgan fingerprint density at radius 3 is 1.46 bits per heavy atom. The fourth-order valence-electron chi connectivity index (χ4n) is 6.06.